The van der Waals surface area contributed by atoms with Crippen LogP contribution >= 0.6 is 11.8 Å². The second-order valence-corrected chi connectivity index (χ2v) is 3.06. The molecule has 0 aromatic heterocycles. The molecule has 0 aliphatic carbocycles. The van der Waals surface area contributed by atoms with E-state index in [0.717, 1.165) is 0 Å². The summed E-state index contributed by atoms with van der Waals surface area (Å²) in [5.74, 6) is 0.0821. The van der Waals surface area contributed by atoms with Crippen LogP contribution in [0.3, 0.4) is 0 Å². The third kappa shape index (κ3) is 0.970. The summed E-state index contributed by atoms with van der Waals surface area (Å²) in [6.07, 6.45) is 1.87. The maximum atomic E-state index is 10.8. The van der Waals surface area contributed by atoms with Crippen molar-refractivity contribution in [2.24, 2.45) is 4.99 Å². The SMILES string of the molecule is N=C1CC(=O)N=C2SC=CN12. The lowest BCUT2D eigenvalue weighted by molar-refractivity contribution is -0.116. The smallest absolute Gasteiger partial charge is 0.255 e. The Bertz CT molecular complexity index is 294. The van der Waals surface area contributed by atoms with Crippen molar-refractivity contribution in [1.82, 2.24) is 4.90 Å². The van der Waals surface area contributed by atoms with Gasteiger partial charge in [0, 0.05) is 6.20 Å². The van der Waals surface area contributed by atoms with Gasteiger partial charge in [-0.3, -0.25) is 15.1 Å². The van der Waals surface area contributed by atoms with Crippen LogP contribution in [0.2, 0.25) is 0 Å². The van der Waals surface area contributed by atoms with Crippen LogP contribution in [0.5, 0.6) is 0 Å². The molecular formula is C6H5N3OS. The first-order chi connectivity index (χ1) is 5.27. The Balaban J connectivity index is 2.40. The van der Waals surface area contributed by atoms with Gasteiger partial charge in [0.15, 0.2) is 5.17 Å². The number of nitrogens with one attached hydrogen (secondary N) is 1. The van der Waals surface area contributed by atoms with Gasteiger partial charge < -0.3 is 0 Å². The molecule has 0 bridgehead atoms. The minimum Gasteiger partial charge on any atom is -0.287 e. The van der Waals surface area contributed by atoms with E-state index in [1.165, 1.54) is 11.8 Å². The van der Waals surface area contributed by atoms with Crippen molar-refractivity contribution in [1.29, 1.82) is 5.41 Å². The maximum absolute atomic E-state index is 10.8. The molecule has 0 radical (unpaired) electrons. The molecule has 0 aromatic rings. The van der Waals surface area contributed by atoms with Crippen LogP contribution in [0.25, 0.3) is 0 Å². The molecule has 0 saturated carbocycles. The molecule has 2 rings (SSSR count). The zero-order valence-electron chi connectivity index (χ0n) is 5.57. The van der Waals surface area contributed by atoms with Gasteiger partial charge in [0.2, 0.25) is 0 Å². The molecule has 4 nitrogen and oxygen atoms in total. The molecular weight excluding hydrogens is 162 g/mol. The van der Waals surface area contributed by atoms with Gasteiger partial charge in [-0.15, -0.1) is 0 Å². The van der Waals surface area contributed by atoms with Gasteiger partial charge in [-0.1, -0.05) is 11.8 Å². The molecule has 0 fully saturated rings. The molecule has 0 spiro atoms. The van der Waals surface area contributed by atoms with Gasteiger partial charge in [0.25, 0.3) is 5.91 Å². The zero-order valence-corrected chi connectivity index (χ0v) is 6.39. The van der Waals surface area contributed by atoms with Crippen molar-refractivity contribution >= 4 is 28.7 Å². The number of fused-ring (bicyclic) bond motifs is 1. The van der Waals surface area contributed by atoms with E-state index >= 15 is 0 Å². The molecule has 2 heterocycles. The van der Waals surface area contributed by atoms with Crippen molar-refractivity contribution in [2.75, 3.05) is 0 Å². The topological polar surface area (TPSA) is 56.5 Å². The molecule has 0 saturated heterocycles. The van der Waals surface area contributed by atoms with E-state index in [1.807, 2.05) is 5.41 Å². The fraction of sp³-hybridized carbons (Fsp3) is 0.167. The van der Waals surface area contributed by atoms with Gasteiger partial charge in [-0.05, 0) is 5.41 Å². The number of amidine groups is 2. The molecule has 56 valence electrons. The normalized spacial score (nSPS) is 22.2. The molecule has 2 aliphatic rings. The number of amides is 1. The number of rotatable bonds is 0. The highest BCUT2D eigenvalue weighted by Crippen LogP contribution is 2.23. The van der Waals surface area contributed by atoms with Gasteiger partial charge in [0.1, 0.15) is 5.84 Å². The third-order valence-electron chi connectivity index (χ3n) is 1.42. The summed E-state index contributed by atoms with van der Waals surface area (Å²) in [6.45, 7) is 0. The second-order valence-electron chi connectivity index (χ2n) is 2.18. The lowest BCUT2D eigenvalue weighted by Crippen LogP contribution is -2.33. The summed E-state index contributed by atoms with van der Waals surface area (Å²) < 4.78 is 0. The molecule has 0 atom stereocenters. The van der Waals surface area contributed by atoms with Crippen molar-refractivity contribution in [3.05, 3.63) is 11.6 Å². The Morgan fingerprint density at radius 3 is 3.36 bits per heavy atom. The molecule has 1 N–H and O–H groups in total. The van der Waals surface area contributed by atoms with Crippen LogP contribution in [0.4, 0.5) is 0 Å². The highest BCUT2D eigenvalue weighted by atomic mass is 32.2. The summed E-state index contributed by atoms with van der Waals surface area (Å²) in [4.78, 5) is 16.2. The maximum Gasteiger partial charge on any atom is 0.255 e. The van der Waals surface area contributed by atoms with Crippen LogP contribution in [0, 0.1) is 5.41 Å². The highest BCUT2D eigenvalue weighted by Gasteiger charge is 2.25. The molecule has 1 amide bonds. The Hall–Kier alpha value is -1.10. The van der Waals surface area contributed by atoms with Crippen LogP contribution in [-0.2, 0) is 4.79 Å². The Morgan fingerprint density at radius 2 is 2.55 bits per heavy atom. The average Bonchev–Trinajstić information content (AvgIpc) is 2.34. The quantitative estimate of drug-likeness (QED) is 0.579. The summed E-state index contributed by atoms with van der Waals surface area (Å²) in [5, 5.41) is 9.82. The predicted molar refractivity (Wildman–Crippen MR) is 43.4 cm³/mol. The number of aliphatic imine (C=N–C) groups is 1. The molecule has 11 heavy (non-hydrogen) atoms. The number of hydrogen-bond acceptors (Lipinski definition) is 3. The van der Waals surface area contributed by atoms with Gasteiger partial charge in [0.05, 0.1) is 6.42 Å². The third-order valence-corrected chi connectivity index (χ3v) is 2.18. The van der Waals surface area contributed by atoms with Crippen molar-refractivity contribution in [3.63, 3.8) is 0 Å². The van der Waals surface area contributed by atoms with E-state index in [0.29, 0.717) is 11.0 Å². The molecule has 5 heteroatoms. The van der Waals surface area contributed by atoms with E-state index in [-0.39, 0.29) is 12.3 Å². The van der Waals surface area contributed by atoms with E-state index in [1.54, 1.807) is 11.1 Å². The van der Waals surface area contributed by atoms with Crippen molar-refractivity contribution < 1.29 is 4.79 Å². The number of thioether (sulfide) groups is 1. The highest BCUT2D eigenvalue weighted by molar-refractivity contribution is 8.16. The lowest BCUT2D eigenvalue weighted by atomic mass is 10.3. The second kappa shape index (κ2) is 2.20. The van der Waals surface area contributed by atoms with Crippen molar-refractivity contribution in [2.45, 2.75) is 6.42 Å². The van der Waals surface area contributed by atoms with E-state index in [2.05, 4.69) is 4.99 Å². The molecule has 0 aromatic carbocycles. The largest absolute Gasteiger partial charge is 0.287 e. The minimum atomic E-state index is -0.225. The summed E-state index contributed by atoms with van der Waals surface area (Å²) in [7, 11) is 0. The Labute approximate surface area is 67.5 Å². The Morgan fingerprint density at radius 1 is 1.73 bits per heavy atom. The standard InChI is InChI=1S/C6H5N3OS/c7-4-3-5(10)8-6-9(4)1-2-11-6/h1-2,7H,3H2. The predicted octanol–water partition coefficient (Wildman–Crippen LogP) is 0.770. The zero-order chi connectivity index (χ0) is 7.84. The minimum absolute atomic E-state index is 0.119. The molecule has 2 aliphatic heterocycles. The van der Waals surface area contributed by atoms with Crippen LogP contribution in [0.15, 0.2) is 16.6 Å². The van der Waals surface area contributed by atoms with E-state index < -0.39 is 0 Å². The summed E-state index contributed by atoms with van der Waals surface area (Å²) in [6, 6.07) is 0. The number of carbonyl (C=O) groups is 1. The number of hydrogen-bond donors (Lipinski definition) is 1. The number of carbonyl (C=O) groups excluding carboxylic acids is 1. The fourth-order valence-electron chi connectivity index (χ4n) is 0.933. The van der Waals surface area contributed by atoms with Gasteiger partial charge in [-0.2, -0.15) is 4.99 Å². The van der Waals surface area contributed by atoms with E-state index in [9.17, 15) is 4.79 Å². The summed E-state index contributed by atoms with van der Waals surface area (Å²) in [5.41, 5.74) is 0. The van der Waals surface area contributed by atoms with Crippen LogP contribution in [-0.4, -0.2) is 21.8 Å². The monoisotopic (exact) mass is 167 g/mol. The average molecular weight is 167 g/mol. The van der Waals surface area contributed by atoms with E-state index in [4.69, 9.17) is 5.41 Å². The fourth-order valence-corrected chi connectivity index (χ4v) is 1.68. The first-order valence-corrected chi connectivity index (χ1v) is 3.97. The lowest BCUT2D eigenvalue weighted by Gasteiger charge is -2.19. The van der Waals surface area contributed by atoms with Gasteiger partial charge in [-0.25, -0.2) is 0 Å². The summed E-state index contributed by atoms with van der Waals surface area (Å²) >= 11 is 1.37. The Kier molecular flexibility index (Phi) is 1.32. The van der Waals surface area contributed by atoms with Crippen molar-refractivity contribution in [3.8, 4) is 0 Å². The molecule has 0 unspecified atom stereocenters. The van der Waals surface area contributed by atoms with Crippen LogP contribution < -0.4 is 0 Å². The first kappa shape index (κ1) is 6.60. The number of nitrogens with zero attached hydrogens (tertiary/aromatic N) is 2. The van der Waals surface area contributed by atoms with Gasteiger partial charge >= 0.3 is 0 Å². The van der Waals surface area contributed by atoms with Crippen LogP contribution in [0.1, 0.15) is 6.42 Å². The first-order valence-electron chi connectivity index (χ1n) is 3.09.